The number of benzene rings is 2. The van der Waals surface area contributed by atoms with Gasteiger partial charge < -0.3 is 0 Å². The van der Waals surface area contributed by atoms with Crippen LogP contribution in [0.2, 0.25) is 4.94 Å². The third kappa shape index (κ3) is 6.06. The van der Waals surface area contributed by atoms with Gasteiger partial charge in [0.2, 0.25) is 0 Å². The zero-order valence-electron chi connectivity index (χ0n) is 19.4. The molecule has 0 atom stereocenters. The number of aromatic nitrogens is 1. The predicted octanol–water partition coefficient (Wildman–Crippen LogP) is 4.37. The van der Waals surface area contributed by atoms with Crippen molar-refractivity contribution in [1.29, 1.82) is 5.26 Å². The molecule has 1 amide bonds. The van der Waals surface area contributed by atoms with E-state index in [1.165, 1.54) is 18.3 Å². The molecule has 0 bridgehead atoms. The van der Waals surface area contributed by atoms with Crippen LogP contribution in [0, 0.1) is 18.4 Å². The van der Waals surface area contributed by atoms with E-state index < -0.39 is 42.7 Å². The topological polar surface area (TPSA) is 87.2 Å². The van der Waals surface area contributed by atoms with E-state index in [0.29, 0.717) is 12.2 Å². The molecule has 0 radical (unpaired) electrons. The Kier molecular flexibility index (Phi) is 8.27. The van der Waals surface area contributed by atoms with Crippen molar-refractivity contribution < 1.29 is 18.0 Å². The number of amides is 1. The molecule has 1 heterocycles. The molecule has 2 aromatic carbocycles. The first kappa shape index (κ1) is 26.3. The molecular formula is C25H23F3N4O2Sn. The Balaban J connectivity index is 1.93. The molecule has 1 N–H and O–H groups in total. The maximum absolute atomic E-state index is 13.3. The van der Waals surface area contributed by atoms with Gasteiger partial charge in [0.1, 0.15) is 0 Å². The summed E-state index contributed by atoms with van der Waals surface area (Å²) in [6.07, 6.45) is -1.26. The number of halogens is 3. The van der Waals surface area contributed by atoms with Gasteiger partial charge in [0, 0.05) is 0 Å². The number of nitrogens with one attached hydrogen (secondary N) is 1. The second-order valence-electron chi connectivity index (χ2n) is 7.87. The van der Waals surface area contributed by atoms with E-state index in [-0.39, 0.29) is 23.2 Å². The van der Waals surface area contributed by atoms with Crippen LogP contribution in [0.4, 0.5) is 13.2 Å². The number of nitriles is 1. The van der Waals surface area contributed by atoms with Crippen molar-refractivity contribution in [2.45, 2.75) is 38.1 Å². The van der Waals surface area contributed by atoms with Crippen LogP contribution in [0.25, 0.3) is 11.1 Å². The first-order valence-electron chi connectivity index (χ1n) is 10.8. The van der Waals surface area contributed by atoms with Crippen LogP contribution in [0.1, 0.15) is 34.1 Å². The van der Waals surface area contributed by atoms with E-state index in [0.717, 1.165) is 21.3 Å². The number of nitrogens with zero attached hydrogens (tertiary/aromatic N) is 3. The number of carbonyl (C=O) groups is 1. The van der Waals surface area contributed by atoms with Crippen LogP contribution in [0.15, 0.2) is 62.7 Å². The van der Waals surface area contributed by atoms with Crippen molar-refractivity contribution in [3.63, 3.8) is 0 Å². The van der Waals surface area contributed by atoms with Gasteiger partial charge in [0.25, 0.3) is 0 Å². The first-order valence-corrected chi connectivity index (χ1v) is 16.3. The van der Waals surface area contributed by atoms with E-state index in [2.05, 4.69) is 8.47 Å². The molecule has 1 aromatic heterocycles. The molecule has 0 aliphatic heterocycles. The summed E-state index contributed by atoms with van der Waals surface area (Å²) in [5.41, 5.74) is -0.174. The van der Waals surface area contributed by atoms with Gasteiger partial charge in [-0.25, -0.2) is 0 Å². The molecule has 0 aliphatic carbocycles. The zero-order valence-corrected chi connectivity index (χ0v) is 22.3. The summed E-state index contributed by atoms with van der Waals surface area (Å²) in [6, 6.07) is 12.0. The molecule has 0 aliphatic rings. The molecule has 0 fully saturated rings. The summed E-state index contributed by atoms with van der Waals surface area (Å²) < 4.78 is 46.4. The maximum atomic E-state index is 13.3. The van der Waals surface area contributed by atoms with Crippen LogP contribution in [0.5, 0.6) is 0 Å². The SMILES string of the molecule is CCn1cc(C(=O)NCc2cc[c]([Sn]([CH3])=[N]C#N)cc2)c(=O)c(-c2cccc(C(F)(F)F)c2)c1C. The molecule has 10 heteroatoms. The third-order valence-electron chi connectivity index (χ3n) is 5.66. The number of pyridine rings is 1. The second kappa shape index (κ2) is 11.0. The van der Waals surface area contributed by atoms with E-state index in [1.54, 1.807) is 11.5 Å². The molecule has 3 aromatic rings. The molecule has 180 valence electrons. The van der Waals surface area contributed by atoms with E-state index in [9.17, 15) is 22.8 Å². The summed E-state index contributed by atoms with van der Waals surface area (Å²) in [5, 5.41) is 11.5. The summed E-state index contributed by atoms with van der Waals surface area (Å²) >= 11 is -2.26. The fraction of sp³-hybridized carbons (Fsp3) is 0.240. The van der Waals surface area contributed by atoms with Crippen molar-refractivity contribution in [2.75, 3.05) is 0 Å². The van der Waals surface area contributed by atoms with E-state index >= 15 is 0 Å². The normalized spacial score (nSPS) is 11.7. The average Bonchev–Trinajstić information content (AvgIpc) is 2.83. The van der Waals surface area contributed by atoms with Gasteiger partial charge in [-0.1, -0.05) is 6.07 Å². The number of hydrogen-bond acceptors (Lipinski definition) is 4. The predicted molar refractivity (Wildman–Crippen MR) is 128 cm³/mol. The average molecular weight is 587 g/mol. The fourth-order valence-corrected chi connectivity index (χ4v) is 6.37. The molecule has 0 spiro atoms. The molecule has 0 saturated heterocycles. The quantitative estimate of drug-likeness (QED) is 0.344. The summed E-state index contributed by atoms with van der Waals surface area (Å²) in [7, 11) is 0. The van der Waals surface area contributed by atoms with Crippen LogP contribution in [-0.2, 0) is 19.3 Å². The van der Waals surface area contributed by atoms with E-state index in [4.69, 9.17) is 5.26 Å². The van der Waals surface area contributed by atoms with Gasteiger partial charge in [-0.15, -0.1) is 0 Å². The Morgan fingerprint density at radius 1 is 1.20 bits per heavy atom. The van der Waals surface area contributed by atoms with Crippen LogP contribution >= 0.6 is 0 Å². The van der Waals surface area contributed by atoms with Crippen molar-refractivity contribution in [3.05, 3.63) is 87.3 Å². The standard InChI is InChI=1S/C23H20F3N2O2.CN2.CH3.Sn/c1-3-28-14-19(22(30)27-13-16-8-5-4-6-9-16)21(29)20(15(28)2)17-10-7-11-18(12-17)23(24,25)26;2-1-3;;/h5-12,14H,3,13H2,1-2H3,(H,27,30);;1H3;. The van der Waals surface area contributed by atoms with Crippen LogP contribution in [0.3, 0.4) is 0 Å². The van der Waals surface area contributed by atoms with Crippen LogP contribution in [-0.4, -0.2) is 30.1 Å². The van der Waals surface area contributed by atoms with Gasteiger partial charge >= 0.3 is 177 Å². The van der Waals surface area contributed by atoms with E-state index in [1.807, 2.05) is 42.3 Å². The van der Waals surface area contributed by atoms with Gasteiger partial charge in [-0.2, -0.15) is 13.2 Å². The Bertz CT molecular complexity index is 1390. The number of carbonyl (C=O) groups excluding carboxylic acids is 1. The molecule has 0 saturated carbocycles. The number of hydrogen-bond donors (Lipinski definition) is 1. The van der Waals surface area contributed by atoms with Gasteiger partial charge in [-0.3, -0.25) is 0 Å². The second-order valence-corrected chi connectivity index (χ2v) is 13.5. The molecular weight excluding hydrogens is 564 g/mol. The molecule has 0 unspecified atom stereocenters. The summed E-state index contributed by atoms with van der Waals surface area (Å²) in [4.78, 5) is 28.2. The minimum atomic E-state index is -4.55. The Morgan fingerprint density at radius 2 is 1.89 bits per heavy atom. The van der Waals surface area contributed by atoms with Crippen molar-refractivity contribution in [1.82, 2.24) is 9.88 Å². The van der Waals surface area contributed by atoms with Crippen molar-refractivity contribution in [2.24, 2.45) is 3.15 Å². The van der Waals surface area contributed by atoms with Crippen molar-refractivity contribution in [3.8, 4) is 17.3 Å². The third-order valence-corrected chi connectivity index (χ3v) is 10.2. The van der Waals surface area contributed by atoms with Gasteiger partial charge in [0.15, 0.2) is 0 Å². The van der Waals surface area contributed by atoms with Crippen LogP contribution < -0.4 is 14.3 Å². The molecule has 3 rings (SSSR count). The first-order chi connectivity index (χ1) is 16.6. The minimum absolute atomic E-state index is 0.0669. The summed E-state index contributed by atoms with van der Waals surface area (Å²) in [5.74, 6) is -0.611. The number of rotatable bonds is 6. The van der Waals surface area contributed by atoms with Gasteiger partial charge in [0.05, 0.1) is 5.56 Å². The molecule has 35 heavy (non-hydrogen) atoms. The monoisotopic (exact) mass is 588 g/mol. The fourth-order valence-electron chi connectivity index (χ4n) is 3.72. The number of alkyl halides is 3. The number of aryl methyl sites for hydroxylation is 1. The van der Waals surface area contributed by atoms with Crippen molar-refractivity contribution >= 4 is 29.1 Å². The molecule has 6 nitrogen and oxygen atoms in total. The Hall–Kier alpha value is -3.26. The van der Waals surface area contributed by atoms with Gasteiger partial charge in [-0.05, 0) is 6.07 Å². The summed E-state index contributed by atoms with van der Waals surface area (Å²) in [6.45, 7) is 4.06. The Labute approximate surface area is 207 Å². The zero-order chi connectivity index (χ0) is 25.8. The Morgan fingerprint density at radius 3 is 2.49 bits per heavy atom.